The maximum atomic E-state index is 9.92. The lowest BCUT2D eigenvalue weighted by molar-refractivity contribution is -0.0689. The fourth-order valence-electron chi connectivity index (χ4n) is 2.75. The van der Waals surface area contributed by atoms with E-state index < -0.39 is 0 Å². The summed E-state index contributed by atoms with van der Waals surface area (Å²) in [5, 5.41) is 9.92. The van der Waals surface area contributed by atoms with Crippen molar-refractivity contribution in [2.24, 2.45) is 5.92 Å². The number of aliphatic hydroxyl groups is 1. The molecule has 2 aliphatic rings. The second-order valence-electron chi connectivity index (χ2n) is 4.89. The Morgan fingerprint density at radius 2 is 2.00 bits per heavy atom. The Bertz CT molecular complexity index is 190. The van der Waals surface area contributed by atoms with Gasteiger partial charge in [-0.1, -0.05) is 13.3 Å². The Morgan fingerprint density at radius 1 is 1.27 bits per heavy atom. The SMILES string of the molecule is CCC1CCN(C2COCCC2O)CC1. The van der Waals surface area contributed by atoms with Gasteiger partial charge in [-0.05, 0) is 38.3 Å². The average molecular weight is 213 g/mol. The number of aliphatic hydroxyl groups excluding tert-OH is 1. The van der Waals surface area contributed by atoms with Crippen molar-refractivity contribution in [3.05, 3.63) is 0 Å². The summed E-state index contributed by atoms with van der Waals surface area (Å²) in [7, 11) is 0. The zero-order valence-corrected chi connectivity index (χ0v) is 9.69. The quantitative estimate of drug-likeness (QED) is 0.749. The summed E-state index contributed by atoms with van der Waals surface area (Å²) in [5.74, 6) is 0.905. The van der Waals surface area contributed by atoms with Crippen LogP contribution >= 0.6 is 0 Å². The fourth-order valence-corrected chi connectivity index (χ4v) is 2.75. The third kappa shape index (κ3) is 2.71. The summed E-state index contributed by atoms with van der Waals surface area (Å²) in [5.41, 5.74) is 0. The molecule has 2 aliphatic heterocycles. The molecule has 0 aromatic carbocycles. The van der Waals surface area contributed by atoms with Crippen LogP contribution in [0.2, 0.25) is 0 Å². The van der Waals surface area contributed by atoms with E-state index in [1.165, 1.54) is 19.3 Å². The molecule has 2 heterocycles. The van der Waals surface area contributed by atoms with Crippen molar-refractivity contribution in [3.8, 4) is 0 Å². The van der Waals surface area contributed by atoms with Gasteiger partial charge in [-0.15, -0.1) is 0 Å². The van der Waals surface area contributed by atoms with Crippen LogP contribution in [-0.2, 0) is 4.74 Å². The first-order valence-corrected chi connectivity index (χ1v) is 6.31. The largest absolute Gasteiger partial charge is 0.391 e. The van der Waals surface area contributed by atoms with Crippen LogP contribution in [0.4, 0.5) is 0 Å². The lowest BCUT2D eigenvalue weighted by Gasteiger charge is -2.41. The molecule has 0 radical (unpaired) electrons. The van der Waals surface area contributed by atoms with E-state index in [-0.39, 0.29) is 12.1 Å². The van der Waals surface area contributed by atoms with Gasteiger partial charge in [0.15, 0.2) is 0 Å². The van der Waals surface area contributed by atoms with E-state index >= 15 is 0 Å². The molecule has 0 saturated carbocycles. The van der Waals surface area contributed by atoms with Crippen LogP contribution in [0.5, 0.6) is 0 Å². The van der Waals surface area contributed by atoms with E-state index in [0.717, 1.165) is 38.6 Å². The van der Waals surface area contributed by atoms with Gasteiger partial charge in [0.05, 0.1) is 18.8 Å². The molecule has 2 rings (SSSR count). The molecule has 88 valence electrons. The predicted octanol–water partition coefficient (Wildman–Crippen LogP) is 1.26. The highest BCUT2D eigenvalue weighted by molar-refractivity contribution is 4.84. The third-order valence-corrected chi connectivity index (χ3v) is 3.99. The molecule has 15 heavy (non-hydrogen) atoms. The van der Waals surface area contributed by atoms with Gasteiger partial charge in [0.25, 0.3) is 0 Å². The molecule has 2 saturated heterocycles. The van der Waals surface area contributed by atoms with Gasteiger partial charge in [-0.3, -0.25) is 4.90 Å². The Balaban J connectivity index is 1.83. The molecule has 2 atom stereocenters. The first-order chi connectivity index (χ1) is 7.31. The summed E-state index contributed by atoms with van der Waals surface area (Å²) in [4.78, 5) is 2.43. The number of hydrogen-bond donors (Lipinski definition) is 1. The molecule has 0 aromatic heterocycles. The number of rotatable bonds is 2. The molecule has 3 heteroatoms. The minimum atomic E-state index is -0.170. The van der Waals surface area contributed by atoms with Crippen LogP contribution in [0.15, 0.2) is 0 Å². The Kier molecular flexibility index (Phi) is 4.00. The monoisotopic (exact) mass is 213 g/mol. The lowest BCUT2D eigenvalue weighted by Crippen LogP contribution is -2.52. The maximum absolute atomic E-state index is 9.92. The number of likely N-dealkylation sites (tertiary alicyclic amines) is 1. The van der Waals surface area contributed by atoms with Gasteiger partial charge in [0.2, 0.25) is 0 Å². The van der Waals surface area contributed by atoms with Crippen LogP contribution in [0.1, 0.15) is 32.6 Å². The van der Waals surface area contributed by atoms with E-state index in [9.17, 15) is 5.11 Å². The van der Waals surface area contributed by atoms with Gasteiger partial charge < -0.3 is 9.84 Å². The van der Waals surface area contributed by atoms with E-state index in [1.807, 2.05) is 0 Å². The molecule has 0 aromatic rings. The first-order valence-electron chi connectivity index (χ1n) is 6.31. The van der Waals surface area contributed by atoms with Crippen LogP contribution in [0.25, 0.3) is 0 Å². The van der Waals surface area contributed by atoms with Crippen molar-refractivity contribution >= 4 is 0 Å². The van der Waals surface area contributed by atoms with Gasteiger partial charge in [-0.25, -0.2) is 0 Å². The smallest absolute Gasteiger partial charge is 0.0739 e. The fraction of sp³-hybridized carbons (Fsp3) is 1.00. The summed E-state index contributed by atoms with van der Waals surface area (Å²) >= 11 is 0. The molecular formula is C12H23NO2. The summed E-state index contributed by atoms with van der Waals surface area (Å²) in [6.07, 6.45) is 4.52. The zero-order valence-electron chi connectivity index (χ0n) is 9.69. The second kappa shape index (κ2) is 5.28. The highest BCUT2D eigenvalue weighted by Gasteiger charge is 2.31. The Labute approximate surface area is 92.4 Å². The predicted molar refractivity (Wildman–Crippen MR) is 59.8 cm³/mol. The normalized spacial score (nSPS) is 35.6. The molecule has 1 N–H and O–H groups in total. The van der Waals surface area contributed by atoms with Gasteiger partial charge in [-0.2, -0.15) is 0 Å². The molecule has 0 aliphatic carbocycles. The van der Waals surface area contributed by atoms with Crippen molar-refractivity contribution in [2.45, 2.75) is 44.8 Å². The highest BCUT2D eigenvalue weighted by Crippen LogP contribution is 2.24. The van der Waals surface area contributed by atoms with E-state index in [4.69, 9.17) is 4.74 Å². The van der Waals surface area contributed by atoms with E-state index in [0.29, 0.717) is 0 Å². The van der Waals surface area contributed by atoms with E-state index in [1.54, 1.807) is 0 Å². The third-order valence-electron chi connectivity index (χ3n) is 3.99. The minimum Gasteiger partial charge on any atom is -0.391 e. The standard InChI is InChI=1S/C12H23NO2/c1-2-10-3-6-13(7-4-10)11-9-15-8-5-12(11)14/h10-12,14H,2-9H2,1H3. The van der Waals surface area contributed by atoms with Gasteiger partial charge in [0.1, 0.15) is 0 Å². The van der Waals surface area contributed by atoms with Crippen molar-refractivity contribution in [1.82, 2.24) is 4.90 Å². The van der Waals surface area contributed by atoms with Crippen molar-refractivity contribution < 1.29 is 9.84 Å². The highest BCUT2D eigenvalue weighted by atomic mass is 16.5. The second-order valence-corrected chi connectivity index (χ2v) is 4.89. The number of ether oxygens (including phenoxy) is 1. The van der Waals surface area contributed by atoms with Crippen molar-refractivity contribution in [1.29, 1.82) is 0 Å². The number of nitrogens with zero attached hydrogens (tertiary/aromatic N) is 1. The molecule has 2 fully saturated rings. The lowest BCUT2D eigenvalue weighted by atomic mass is 9.92. The zero-order chi connectivity index (χ0) is 10.7. The van der Waals surface area contributed by atoms with E-state index in [2.05, 4.69) is 11.8 Å². The molecule has 2 unspecified atom stereocenters. The minimum absolute atomic E-state index is 0.170. The van der Waals surface area contributed by atoms with Gasteiger partial charge in [0, 0.05) is 6.61 Å². The summed E-state index contributed by atoms with van der Waals surface area (Å²) < 4.78 is 5.46. The first kappa shape index (κ1) is 11.4. The summed E-state index contributed by atoms with van der Waals surface area (Å²) in [6.45, 7) is 6.01. The van der Waals surface area contributed by atoms with Crippen molar-refractivity contribution in [3.63, 3.8) is 0 Å². The summed E-state index contributed by atoms with van der Waals surface area (Å²) in [6, 6.07) is 0.261. The topological polar surface area (TPSA) is 32.7 Å². The molecule has 0 spiro atoms. The van der Waals surface area contributed by atoms with Crippen LogP contribution in [-0.4, -0.2) is 48.5 Å². The maximum Gasteiger partial charge on any atom is 0.0739 e. The van der Waals surface area contributed by atoms with Gasteiger partial charge >= 0.3 is 0 Å². The van der Waals surface area contributed by atoms with Crippen LogP contribution in [0.3, 0.4) is 0 Å². The molecule has 0 amide bonds. The molecular weight excluding hydrogens is 190 g/mol. The number of hydrogen-bond acceptors (Lipinski definition) is 3. The Hall–Kier alpha value is -0.120. The van der Waals surface area contributed by atoms with Crippen LogP contribution in [0, 0.1) is 5.92 Å². The molecule has 3 nitrogen and oxygen atoms in total. The Morgan fingerprint density at radius 3 is 2.60 bits per heavy atom. The van der Waals surface area contributed by atoms with Crippen LogP contribution < -0.4 is 0 Å². The molecule has 0 bridgehead atoms. The average Bonchev–Trinajstić information content (AvgIpc) is 2.30. The number of piperidine rings is 1. The van der Waals surface area contributed by atoms with Crippen molar-refractivity contribution in [2.75, 3.05) is 26.3 Å².